The van der Waals surface area contributed by atoms with Gasteiger partial charge in [0.1, 0.15) is 9.85 Å². The van der Waals surface area contributed by atoms with Crippen LogP contribution in [0.15, 0.2) is 30.3 Å². The van der Waals surface area contributed by atoms with Gasteiger partial charge in [0.25, 0.3) is 0 Å². The van der Waals surface area contributed by atoms with Gasteiger partial charge in [0.05, 0.1) is 6.61 Å². The summed E-state index contributed by atoms with van der Waals surface area (Å²) in [5.74, 6) is -0.334. The first-order valence-corrected chi connectivity index (χ1v) is 7.99. The second kappa shape index (κ2) is 7.28. The molecule has 0 aliphatic rings. The second-order valence-electron chi connectivity index (χ2n) is 3.69. The van der Waals surface area contributed by atoms with Crippen molar-refractivity contribution in [2.45, 2.75) is 6.92 Å². The van der Waals surface area contributed by atoms with E-state index in [1.807, 2.05) is 42.8 Å². The van der Waals surface area contributed by atoms with E-state index < -0.39 is 0 Å². The summed E-state index contributed by atoms with van der Waals surface area (Å²) in [4.78, 5) is 12.8. The van der Waals surface area contributed by atoms with Crippen molar-refractivity contribution in [3.05, 3.63) is 30.3 Å². The fourth-order valence-corrected chi connectivity index (χ4v) is 2.87. The van der Waals surface area contributed by atoms with Crippen LogP contribution in [0.3, 0.4) is 0 Å². The van der Waals surface area contributed by atoms with Crippen molar-refractivity contribution >= 4 is 44.2 Å². The van der Waals surface area contributed by atoms with Crippen LogP contribution in [0.1, 0.15) is 6.92 Å². The summed E-state index contributed by atoms with van der Waals surface area (Å²) in [5.41, 5.74) is 0.870. The van der Waals surface area contributed by atoms with E-state index in [1.54, 1.807) is 6.92 Å². The van der Waals surface area contributed by atoms with Gasteiger partial charge in [0.15, 0.2) is 0 Å². The molecule has 0 amide bonds. The van der Waals surface area contributed by atoms with Crippen molar-refractivity contribution in [1.29, 1.82) is 0 Å². The maximum atomic E-state index is 11.8. The fraction of sp³-hybridized carbons (Fsp3) is 0.308. The predicted molar refractivity (Wildman–Crippen MR) is 83.7 cm³/mol. The van der Waals surface area contributed by atoms with Crippen LogP contribution in [0.25, 0.3) is 0 Å². The summed E-state index contributed by atoms with van der Waals surface area (Å²) in [6.45, 7) is 2.14. The maximum Gasteiger partial charge on any atom is 0.346 e. The standard InChI is InChI=1S/C13H17NO2S2/c1-4-16-13(15)11(18(2)3)12(17)14-10-8-6-5-7-9-10/h5-9H,4H2,1-3H3,(H,14,17). The van der Waals surface area contributed by atoms with Crippen molar-refractivity contribution in [1.82, 2.24) is 0 Å². The summed E-state index contributed by atoms with van der Waals surface area (Å²) in [6.07, 6.45) is 3.90. The SMILES string of the molecule is CCOC(=O)C(C(=S)Nc1ccccc1)=S(C)C. The Kier molecular flexibility index (Phi) is 6.01. The first-order valence-electron chi connectivity index (χ1n) is 5.54. The zero-order valence-electron chi connectivity index (χ0n) is 10.7. The van der Waals surface area contributed by atoms with Gasteiger partial charge in [0, 0.05) is 5.69 Å². The third kappa shape index (κ3) is 4.23. The lowest BCUT2D eigenvalue weighted by atomic mass is 10.3. The molecular formula is C13H17NO2S2. The molecule has 0 aliphatic carbocycles. The average Bonchev–Trinajstić information content (AvgIpc) is 2.30. The summed E-state index contributed by atoms with van der Waals surface area (Å²) < 4.78 is 5.03. The third-order valence-electron chi connectivity index (χ3n) is 2.11. The number of nitrogens with one attached hydrogen (secondary N) is 1. The lowest BCUT2D eigenvalue weighted by molar-refractivity contribution is -0.134. The van der Waals surface area contributed by atoms with E-state index in [4.69, 9.17) is 17.0 Å². The molecule has 0 atom stereocenters. The van der Waals surface area contributed by atoms with Crippen molar-refractivity contribution in [3.8, 4) is 0 Å². The molecule has 0 heterocycles. The van der Waals surface area contributed by atoms with E-state index in [1.165, 1.54) is 0 Å². The molecule has 18 heavy (non-hydrogen) atoms. The Labute approximate surface area is 115 Å². The molecule has 3 nitrogen and oxygen atoms in total. The number of hydrogen-bond acceptors (Lipinski definition) is 3. The predicted octanol–water partition coefficient (Wildman–Crippen LogP) is 2.69. The minimum absolute atomic E-state index is 0.250. The zero-order valence-corrected chi connectivity index (χ0v) is 12.4. The summed E-state index contributed by atoms with van der Waals surface area (Å²) in [5, 5.41) is 3.06. The van der Waals surface area contributed by atoms with Crippen LogP contribution >= 0.6 is 22.7 Å². The number of carbonyl (C=O) groups is 1. The molecule has 0 saturated heterocycles. The summed E-state index contributed by atoms with van der Waals surface area (Å²) >= 11 is 5.28. The molecule has 0 spiro atoms. The smallest absolute Gasteiger partial charge is 0.346 e. The van der Waals surface area contributed by atoms with Gasteiger partial charge in [-0.25, -0.2) is 4.79 Å². The Hall–Kier alpha value is -1.20. The van der Waals surface area contributed by atoms with Crippen LogP contribution in [-0.4, -0.2) is 34.9 Å². The maximum absolute atomic E-state index is 11.8. The highest BCUT2D eigenvalue weighted by Gasteiger charge is 2.17. The number of ether oxygens (including phenoxy) is 1. The quantitative estimate of drug-likeness (QED) is 0.681. The molecule has 1 N–H and O–H groups in total. The molecule has 0 aromatic heterocycles. The van der Waals surface area contributed by atoms with E-state index in [0.29, 0.717) is 16.5 Å². The van der Waals surface area contributed by atoms with Crippen LogP contribution in [0.5, 0.6) is 0 Å². The molecule has 1 rings (SSSR count). The molecule has 0 unspecified atom stereocenters. The topological polar surface area (TPSA) is 38.3 Å². The van der Waals surface area contributed by atoms with Crippen molar-refractivity contribution in [3.63, 3.8) is 0 Å². The summed E-state index contributed by atoms with van der Waals surface area (Å²) in [6, 6.07) is 9.55. The van der Waals surface area contributed by atoms with Crippen LogP contribution < -0.4 is 5.32 Å². The molecule has 1 aromatic rings. The molecule has 98 valence electrons. The number of rotatable bonds is 4. The minimum Gasteiger partial charge on any atom is -0.462 e. The molecule has 0 aliphatic heterocycles. The lowest BCUT2D eigenvalue weighted by Crippen LogP contribution is -2.30. The first kappa shape index (κ1) is 14.9. The third-order valence-corrected chi connectivity index (χ3v) is 3.73. The molecule has 0 saturated carbocycles. The van der Waals surface area contributed by atoms with Gasteiger partial charge in [0.2, 0.25) is 0 Å². The van der Waals surface area contributed by atoms with E-state index in [2.05, 4.69) is 5.32 Å². The second-order valence-corrected chi connectivity index (χ2v) is 6.14. The number of para-hydroxylation sites is 1. The van der Waals surface area contributed by atoms with Gasteiger partial charge in [-0.3, -0.25) is 0 Å². The van der Waals surface area contributed by atoms with E-state index in [-0.39, 0.29) is 16.5 Å². The van der Waals surface area contributed by atoms with Crippen molar-refractivity contribution < 1.29 is 9.53 Å². The van der Waals surface area contributed by atoms with Gasteiger partial charge in [-0.2, -0.15) is 10.5 Å². The highest BCUT2D eigenvalue weighted by atomic mass is 32.2. The minimum atomic E-state index is -0.334. The number of benzene rings is 1. The average molecular weight is 283 g/mol. The van der Waals surface area contributed by atoms with Crippen LogP contribution in [0.2, 0.25) is 0 Å². The Morgan fingerprint density at radius 3 is 2.44 bits per heavy atom. The largest absolute Gasteiger partial charge is 0.462 e. The molecular weight excluding hydrogens is 266 g/mol. The number of anilines is 1. The van der Waals surface area contributed by atoms with E-state index in [0.717, 1.165) is 5.69 Å². The van der Waals surface area contributed by atoms with Gasteiger partial charge in [-0.15, -0.1) is 0 Å². The van der Waals surface area contributed by atoms with Crippen LogP contribution in [0.4, 0.5) is 5.69 Å². The number of hydrogen-bond donors (Lipinski definition) is 1. The van der Waals surface area contributed by atoms with Crippen LogP contribution in [0, 0.1) is 0 Å². The molecule has 1 aromatic carbocycles. The highest BCUT2D eigenvalue weighted by molar-refractivity contribution is 8.17. The number of thiocarbonyl (C=S) groups is 1. The Balaban J connectivity index is 2.86. The molecule has 0 fully saturated rings. The Morgan fingerprint density at radius 1 is 1.33 bits per heavy atom. The van der Waals surface area contributed by atoms with E-state index in [9.17, 15) is 4.79 Å². The Bertz CT molecular complexity index is 465. The lowest BCUT2D eigenvalue weighted by Gasteiger charge is -2.12. The summed E-state index contributed by atoms with van der Waals surface area (Å²) in [7, 11) is -0.250. The molecule has 0 radical (unpaired) electrons. The number of carbonyl (C=O) groups excluding carboxylic acids is 1. The normalized spacial score (nSPS) is 10.0. The van der Waals surface area contributed by atoms with Gasteiger partial charge >= 0.3 is 5.97 Å². The van der Waals surface area contributed by atoms with Gasteiger partial charge in [-0.05, 0) is 31.6 Å². The first-order chi connectivity index (χ1) is 8.56. The number of esters is 1. The highest BCUT2D eigenvalue weighted by Crippen LogP contribution is 2.11. The van der Waals surface area contributed by atoms with Gasteiger partial charge in [-0.1, -0.05) is 30.4 Å². The Morgan fingerprint density at radius 2 is 1.94 bits per heavy atom. The van der Waals surface area contributed by atoms with Crippen molar-refractivity contribution in [2.24, 2.45) is 0 Å². The van der Waals surface area contributed by atoms with Gasteiger partial charge < -0.3 is 10.1 Å². The van der Waals surface area contributed by atoms with E-state index >= 15 is 0 Å². The molecule has 0 bridgehead atoms. The zero-order chi connectivity index (χ0) is 13.5. The molecule has 5 heteroatoms. The fourth-order valence-electron chi connectivity index (χ4n) is 1.35. The van der Waals surface area contributed by atoms with Crippen LogP contribution in [-0.2, 0) is 9.53 Å². The van der Waals surface area contributed by atoms with Crippen molar-refractivity contribution in [2.75, 3.05) is 24.4 Å². The monoisotopic (exact) mass is 283 g/mol.